The summed E-state index contributed by atoms with van der Waals surface area (Å²) < 4.78 is 5.07. The molecular weight excluding hydrogens is 276 g/mol. The first kappa shape index (κ1) is 16.5. The molecule has 0 aromatic heterocycles. The van der Waals surface area contributed by atoms with E-state index in [2.05, 4.69) is 0 Å². The van der Waals surface area contributed by atoms with Crippen LogP contribution in [0.4, 0.5) is 0 Å². The van der Waals surface area contributed by atoms with Gasteiger partial charge in [0, 0.05) is 12.6 Å². The van der Waals surface area contributed by atoms with E-state index in [1.807, 2.05) is 0 Å². The lowest BCUT2D eigenvalue weighted by Crippen LogP contribution is -2.50. The van der Waals surface area contributed by atoms with Crippen molar-refractivity contribution in [2.75, 3.05) is 13.7 Å². The van der Waals surface area contributed by atoms with Crippen LogP contribution < -0.4 is 10.5 Å². The van der Waals surface area contributed by atoms with Crippen molar-refractivity contribution in [2.45, 2.75) is 19.4 Å². The average molecular weight is 294 g/mol. The molecule has 0 aliphatic rings. The predicted octanol–water partition coefficient (Wildman–Crippen LogP) is 0.486. The lowest BCUT2D eigenvalue weighted by atomic mass is 10.0. The number of carbonyl (C=O) groups excluding carboxylic acids is 2. The lowest BCUT2D eigenvalue weighted by molar-refractivity contribution is -0.147. The Morgan fingerprint density at radius 2 is 1.76 bits per heavy atom. The molecule has 2 amide bonds. The summed E-state index contributed by atoms with van der Waals surface area (Å²) in [5, 5.41) is 9.12. The number of nitrogens with two attached hydrogens (primary N) is 1. The number of primary amides is 1. The average Bonchev–Trinajstić information content (AvgIpc) is 2.43. The minimum absolute atomic E-state index is 0.251. The third kappa shape index (κ3) is 3.95. The van der Waals surface area contributed by atoms with E-state index < -0.39 is 23.3 Å². The van der Waals surface area contributed by atoms with E-state index in [0.29, 0.717) is 11.3 Å². The predicted molar refractivity (Wildman–Crippen MR) is 74.9 cm³/mol. The summed E-state index contributed by atoms with van der Waals surface area (Å²) in [5.41, 5.74) is 3.95. The fourth-order valence-electron chi connectivity index (χ4n) is 1.44. The number of likely N-dealkylation sites (N-methyl/N-ethyl adjacent to an activating group) is 1. The van der Waals surface area contributed by atoms with E-state index in [4.69, 9.17) is 15.6 Å². The molecule has 0 heterocycles. The summed E-state index contributed by atoms with van der Waals surface area (Å²) in [6, 6.07) is 6.01. The maximum atomic E-state index is 12.2. The van der Waals surface area contributed by atoms with Crippen LogP contribution in [0.5, 0.6) is 5.75 Å². The highest BCUT2D eigenvalue weighted by atomic mass is 16.5. The molecule has 0 unspecified atom stereocenters. The molecule has 7 heteroatoms. The molecule has 0 saturated carbocycles. The Bertz CT molecular complexity index is 551. The summed E-state index contributed by atoms with van der Waals surface area (Å²) >= 11 is 0. The van der Waals surface area contributed by atoms with E-state index in [1.165, 1.54) is 45.2 Å². The van der Waals surface area contributed by atoms with Gasteiger partial charge in [-0.25, -0.2) is 4.79 Å². The maximum absolute atomic E-state index is 12.2. The topological polar surface area (TPSA) is 110 Å². The molecule has 0 bridgehead atoms. The Morgan fingerprint density at radius 1 is 1.24 bits per heavy atom. The molecule has 0 atom stereocenters. The molecule has 1 rings (SSSR count). The summed E-state index contributed by atoms with van der Waals surface area (Å²) in [6.45, 7) is 2.63. The molecule has 21 heavy (non-hydrogen) atoms. The molecule has 1 aromatic carbocycles. The minimum Gasteiger partial charge on any atom is -0.484 e. The van der Waals surface area contributed by atoms with Crippen LogP contribution in [0.2, 0.25) is 0 Å². The van der Waals surface area contributed by atoms with Crippen molar-refractivity contribution in [3.05, 3.63) is 29.8 Å². The van der Waals surface area contributed by atoms with Crippen LogP contribution in [0.15, 0.2) is 24.3 Å². The second-order valence-electron chi connectivity index (χ2n) is 5.01. The van der Waals surface area contributed by atoms with Crippen LogP contribution in [0, 0.1) is 0 Å². The number of hydrogen-bond donors (Lipinski definition) is 2. The van der Waals surface area contributed by atoms with Gasteiger partial charge in [0.25, 0.3) is 11.8 Å². The van der Waals surface area contributed by atoms with Gasteiger partial charge in [0.05, 0.1) is 0 Å². The number of hydrogen-bond acceptors (Lipinski definition) is 4. The molecule has 7 nitrogen and oxygen atoms in total. The fraction of sp³-hybridized carbons (Fsp3) is 0.357. The standard InChI is InChI=1S/C14H18N2O5/c1-14(2,13(19)20)16(3)12(18)9-4-6-10(7-5-9)21-8-11(15)17/h4-7H,8H2,1-3H3,(H2,15,17)(H,19,20). The van der Waals surface area contributed by atoms with Gasteiger partial charge in [-0.1, -0.05) is 0 Å². The second-order valence-corrected chi connectivity index (χ2v) is 5.01. The summed E-state index contributed by atoms with van der Waals surface area (Å²) in [4.78, 5) is 35.1. The van der Waals surface area contributed by atoms with E-state index in [-0.39, 0.29) is 6.61 Å². The van der Waals surface area contributed by atoms with Crippen molar-refractivity contribution in [3.63, 3.8) is 0 Å². The highest BCUT2D eigenvalue weighted by Crippen LogP contribution is 2.18. The Morgan fingerprint density at radius 3 is 2.19 bits per heavy atom. The molecule has 0 aliphatic heterocycles. The van der Waals surface area contributed by atoms with Gasteiger partial charge >= 0.3 is 5.97 Å². The number of carboxylic acids is 1. The van der Waals surface area contributed by atoms with Gasteiger partial charge in [-0.05, 0) is 38.1 Å². The first-order valence-electron chi connectivity index (χ1n) is 6.19. The van der Waals surface area contributed by atoms with E-state index in [9.17, 15) is 14.4 Å². The van der Waals surface area contributed by atoms with Crippen LogP contribution in [0.25, 0.3) is 0 Å². The molecular formula is C14H18N2O5. The van der Waals surface area contributed by atoms with Crippen LogP contribution in [-0.2, 0) is 9.59 Å². The Hall–Kier alpha value is -2.57. The quantitative estimate of drug-likeness (QED) is 0.793. The number of nitrogens with zero attached hydrogens (tertiary/aromatic N) is 1. The third-order valence-corrected chi connectivity index (χ3v) is 3.15. The maximum Gasteiger partial charge on any atom is 0.329 e. The number of amides is 2. The molecule has 0 saturated heterocycles. The van der Waals surface area contributed by atoms with Crippen LogP contribution >= 0.6 is 0 Å². The smallest absolute Gasteiger partial charge is 0.329 e. The highest BCUT2D eigenvalue weighted by Gasteiger charge is 2.35. The Kier molecular flexibility index (Phi) is 4.91. The van der Waals surface area contributed by atoms with E-state index in [1.54, 1.807) is 0 Å². The zero-order chi connectivity index (χ0) is 16.2. The third-order valence-electron chi connectivity index (χ3n) is 3.15. The molecule has 0 aliphatic carbocycles. The van der Waals surface area contributed by atoms with Gasteiger partial charge in [0.15, 0.2) is 6.61 Å². The van der Waals surface area contributed by atoms with Crippen molar-refractivity contribution in [2.24, 2.45) is 5.73 Å². The van der Waals surface area contributed by atoms with Gasteiger partial charge in [0.2, 0.25) is 0 Å². The molecule has 0 radical (unpaired) electrons. The molecule has 3 N–H and O–H groups in total. The Balaban J connectivity index is 2.84. The van der Waals surface area contributed by atoms with Crippen LogP contribution in [0.3, 0.4) is 0 Å². The summed E-state index contributed by atoms with van der Waals surface area (Å²) in [5.74, 6) is -1.73. The number of aliphatic carboxylic acids is 1. The highest BCUT2D eigenvalue weighted by molar-refractivity contribution is 5.97. The fourth-order valence-corrected chi connectivity index (χ4v) is 1.44. The number of benzene rings is 1. The molecule has 1 aromatic rings. The molecule has 0 spiro atoms. The number of carboxylic acid groups (broad SMARTS) is 1. The van der Waals surface area contributed by atoms with Gasteiger partial charge in [0.1, 0.15) is 11.3 Å². The minimum atomic E-state index is -1.32. The zero-order valence-electron chi connectivity index (χ0n) is 12.1. The summed E-state index contributed by atoms with van der Waals surface area (Å²) in [7, 11) is 1.42. The van der Waals surface area contributed by atoms with E-state index >= 15 is 0 Å². The Labute approximate surface area is 122 Å². The van der Waals surface area contributed by atoms with Crippen LogP contribution in [0.1, 0.15) is 24.2 Å². The lowest BCUT2D eigenvalue weighted by Gasteiger charge is -2.31. The monoisotopic (exact) mass is 294 g/mol. The second kappa shape index (κ2) is 6.25. The number of rotatable bonds is 6. The number of carbonyl (C=O) groups is 3. The van der Waals surface area contributed by atoms with Crippen molar-refractivity contribution in [3.8, 4) is 5.75 Å². The molecule has 114 valence electrons. The zero-order valence-corrected chi connectivity index (χ0v) is 12.1. The molecule has 0 fully saturated rings. The van der Waals surface area contributed by atoms with Gasteiger partial charge in [-0.3, -0.25) is 9.59 Å². The first-order valence-corrected chi connectivity index (χ1v) is 6.19. The van der Waals surface area contributed by atoms with Gasteiger partial charge in [-0.2, -0.15) is 0 Å². The van der Waals surface area contributed by atoms with Crippen LogP contribution in [-0.4, -0.2) is 47.0 Å². The normalized spacial score (nSPS) is 10.8. The largest absolute Gasteiger partial charge is 0.484 e. The van der Waals surface area contributed by atoms with Gasteiger partial charge in [-0.15, -0.1) is 0 Å². The van der Waals surface area contributed by atoms with Crippen molar-refractivity contribution in [1.29, 1.82) is 0 Å². The van der Waals surface area contributed by atoms with Crippen molar-refractivity contribution in [1.82, 2.24) is 4.90 Å². The van der Waals surface area contributed by atoms with E-state index in [0.717, 1.165) is 4.90 Å². The van der Waals surface area contributed by atoms with Crippen molar-refractivity contribution < 1.29 is 24.2 Å². The van der Waals surface area contributed by atoms with Gasteiger partial charge < -0.3 is 20.5 Å². The van der Waals surface area contributed by atoms with Crippen molar-refractivity contribution >= 4 is 17.8 Å². The number of ether oxygens (including phenoxy) is 1. The first-order chi connectivity index (χ1) is 9.66. The SMILES string of the molecule is CN(C(=O)c1ccc(OCC(N)=O)cc1)C(C)(C)C(=O)O. The summed E-state index contributed by atoms with van der Waals surface area (Å²) in [6.07, 6.45) is 0.